The average molecular weight is 264 g/mol. The maximum absolute atomic E-state index is 3.52. The predicted octanol–water partition coefficient (Wildman–Crippen LogP) is 2.71. The van der Waals surface area contributed by atoms with E-state index in [-0.39, 0.29) is 0 Å². The number of imidazole rings is 1. The summed E-state index contributed by atoms with van der Waals surface area (Å²) in [5.74, 6) is 1.23. The number of hydrogen-bond acceptors (Lipinski definition) is 1. The molecule has 0 aliphatic carbocycles. The van der Waals surface area contributed by atoms with Gasteiger partial charge in [0.15, 0.2) is 0 Å². The van der Waals surface area contributed by atoms with E-state index in [1.165, 1.54) is 28.1 Å². The molecule has 0 radical (unpaired) electrons. The Bertz CT molecular complexity index is 769. The van der Waals surface area contributed by atoms with Crippen LogP contribution in [0.5, 0.6) is 0 Å². The van der Waals surface area contributed by atoms with Crippen LogP contribution in [-0.2, 0) is 13.1 Å². The minimum Gasteiger partial charge on any atom is -0.274 e. The van der Waals surface area contributed by atoms with Crippen molar-refractivity contribution in [1.29, 1.82) is 0 Å². The van der Waals surface area contributed by atoms with Crippen LogP contribution < -0.4 is 9.88 Å². The number of anilines is 1. The molecule has 1 aliphatic heterocycles. The van der Waals surface area contributed by atoms with Crippen molar-refractivity contribution in [3.8, 4) is 0 Å². The molecular formula is C17H18N3+. The number of para-hydroxylation sites is 2. The van der Waals surface area contributed by atoms with Crippen LogP contribution in [0.15, 0.2) is 48.5 Å². The smallest absolute Gasteiger partial charge is 0.274 e. The Morgan fingerprint density at radius 1 is 1.10 bits per heavy atom. The van der Waals surface area contributed by atoms with Crippen LogP contribution in [0.3, 0.4) is 0 Å². The molecule has 1 aromatic heterocycles. The number of nitrogens with zero attached hydrogens (tertiary/aromatic N) is 2. The van der Waals surface area contributed by atoms with Crippen molar-refractivity contribution in [2.24, 2.45) is 0 Å². The number of benzene rings is 2. The second-order valence-electron chi connectivity index (χ2n) is 5.46. The van der Waals surface area contributed by atoms with Crippen LogP contribution in [0.2, 0.25) is 0 Å². The van der Waals surface area contributed by atoms with E-state index in [1.54, 1.807) is 0 Å². The second-order valence-corrected chi connectivity index (χ2v) is 5.46. The molecule has 3 aromatic rings. The van der Waals surface area contributed by atoms with Gasteiger partial charge in [0, 0.05) is 0 Å². The van der Waals surface area contributed by atoms with Crippen LogP contribution >= 0.6 is 0 Å². The topological polar surface area (TPSA) is 20.8 Å². The fourth-order valence-corrected chi connectivity index (χ4v) is 3.03. The largest absolute Gasteiger partial charge is 0.358 e. The first kappa shape index (κ1) is 11.5. The monoisotopic (exact) mass is 264 g/mol. The molecule has 2 heterocycles. The number of fused-ring (bicyclic) bond motifs is 3. The molecule has 0 bridgehead atoms. The first-order valence-corrected chi connectivity index (χ1v) is 7.13. The van der Waals surface area contributed by atoms with Crippen molar-refractivity contribution in [3.63, 3.8) is 0 Å². The lowest BCUT2D eigenvalue weighted by atomic mass is 10.1. The molecule has 1 N–H and O–H groups in total. The van der Waals surface area contributed by atoms with Gasteiger partial charge in [0.1, 0.15) is 17.6 Å². The van der Waals surface area contributed by atoms with Gasteiger partial charge in [0.2, 0.25) is 0 Å². The zero-order valence-corrected chi connectivity index (χ0v) is 11.6. The molecule has 0 fully saturated rings. The first-order chi connectivity index (χ1) is 9.83. The molecule has 0 unspecified atom stereocenters. The molecule has 0 spiro atoms. The van der Waals surface area contributed by atoms with Crippen molar-refractivity contribution < 1.29 is 4.57 Å². The van der Waals surface area contributed by atoms with Crippen molar-refractivity contribution in [1.82, 2.24) is 4.57 Å². The van der Waals surface area contributed by atoms with Gasteiger partial charge in [-0.1, -0.05) is 42.0 Å². The Morgan fingerprint density at radius 2 is 1.90 bits per heavy atom. The quantitative estimate of drug-likeness (QED) is 0.706. The van der Waals surface area contributed by atoms with Gasteiger partial charge < -0.3 is 0 Å². The third-order valence-corrected chi connectivity index (χ3v) is 4.05. The summed E-state index contributed by atoms with van der Waals surface area (Å²) in [6, 6.07) is 17.4. The van der Waals surface area contributed by atoms with Gasteiger partial charge >= 0.3 is 5.95 Å². The first-order valence-electron chi connectivity index (χ1n) is 7.13. The molecule has 2 aromatic carbocycles. The van der Waals surface area contributed by atoms with E-state index in [2.05, 4.69) is 69.9 Å². The summed E-state index contributed by atoms with van der Waals surface area (Å²) in [4.78, 5) is 0. The molecule has 4 rings (SSSR count). The Hall–Kier alpha value is -2.29. The van der Waals surface area contributed by atoms with E-state index in [0.717, 1.165) is 19.6 Å². The zero-order valence-electron chi connectivity index (χ0n) is 11.6. The van der Waals surface area contributed by atoms with E-state index in [9.17, 15) is 0 Å². The number of nitrogens with one attached hydrogen (secondary N) is 1. The number of aromatic nitrogens is 2. The number of aryl methyl sites for hydroxylation is 1. The molecule has 3 nitrogen and oxygen atoms in total. The molecule has 0 amide bonds. The van der Waals surface area contributed by atoms with Crippen LogP contribution in [0.25, 0.3) is 11.0 Å². The fraction of sp³-hybridized carbons (Fsp3) is 0.235. The van der Waals surface area contributed by atoms with Crippen molar-refractivity contribution in [2.75, 3.05) is 11.9 Å². The lowest BCUT2D eigenvalue weighted by Crippen LogP contribution is -2.29. The number of rotatable bonds is 2. The Kier molecular flexibility index (Phi) is 2.52. The molecular weight excluding hydrogens is 246 g/mol. The van der Waals surface area contributed by atoms with Crippen LogP contribution in [0.1, 0.15) is 11.1 Å². The van der Waals surface area contributed by atoms with Crippen molar-refractivity contribution in [2.45, 2.75) is 20.0 Å². The van der Waals surface area contributed by atoms with Gasteiger partial charge in [-0.05, 0) is 24.6 Å². The maximum Gasteiger partial charge on any atom is 0.358 e. The molecule has 100 valence electrons. The number of hydrogen-bond donors (Lipinski definition) is 1. The molecule has 1 aliphatic rings. The fourth-order valence-electron chi connectivity index (χ4n) is 3.03. The third-order valence-electron chi connectivity index (χ3n) is 4.05. The van der Waals surface area contributed by atoms with E-state index in [4.69, 9.17) is 0 Å². The minimum absolute atomic E-state index is 0.913. The third kappa shape index (κ3) is 1.70. The SMILES string of the molecule is Cc1ccc(Cn2c3[n+](c4ccccc42)CCN3)cc1. The molecule has 0 atom stereocenters. The van der Waals surface area contributed by atoms with E-state index in [0.29, 0.717) is 0 Å². The summed E-state index contributed by atoms with van der Waals surface area (Å²) < 4.78 is 4.76. The summed E-state index contributed by atoms with van der Waals surface area (Å²) in [6.45, 7) is 5.12. The minimum atomic E-state index is 0.913. The lowest BCUT2D eigenvalue weighted by molar-refractivity contribution is -0.644. The van der Waals surface area contributed by atoms with Gasteiger partial charge in [-0.3, -0.25) is 5.32 Å². The lowest BCUT2D eigenvalue weighted by Gasteiger charge is -2.03. The van der Waals surface area contributed by atoms with Crippen molar-refractivity contribution >= 4 is 17.0 Å². The highest BCUT2D eigenvalue weighted by Crippen LogP contribution is 2.21. The zero-order chi connectivity index (χ0) is 13.5. The standard InChI is InChI=1S/C17H17N3/c1-13-6-8-14(9-7-13)12-20-16-5-3-2-4-15(16)19-11-10-18-17(19)20/h2-9H,10-12H2,1H3/p+1. The second kappa shape index (κ2) is 4.37. The van der Waals surface area contributed by atoms with Crippen molar-refractivity contribution in [3.05, 3.63) is 59.7 Å². The van der Waals surface area contributed by atoms with Crippen LogP contribution in [-0.4, -0.2) is 11.1 Å². The van der Waals surface area contributed by atoms with E-state index in [1.807, 2.05) is 0 Å². The van der Waals surface area contributed by atoms with Gasteiger partial charge in [0.05, 0.1) is 13.1 Å². The van der Waals surface area contributed by atoms with Crippen LogP contribution in [0, 0.1) is 6.92 Å². The highest BCUT2D eigenvalue weighted by atomic mass is 15.3. The van der Waals surface area contributed by atoms with Gasteiger partial charge in [-0.25, -0.2) is 9.13 Å². The van der Waals surface area contributed by atoms with Gasteiger partial charge in [-0.2, -0.15) is 0 Å². The average Bonchev–Trinajstić information content (AvgIpc) is 3.05. The highest BCUT2D eigenvalue weighted by Gasteiger charge is 2.27. The van der Waals surface area contributed by atoms with Gasteiger partial charge in [-0.15, -0.1) is 0 Å². The molecule has 3 heteroatoms. The Labute approximate surface area is 118 Å². The summed E-state index contributed by atoms with van der Waals surface area (Å²) in [6.07, 6.45) is 0. The predicted molar refractivity (Wildman–Crippen MR) is 80.9 cm³/mol. The Morgan fingerprint density at radius 3 is 2.75 bits per heavy atom. The summed E-state index contributed by atoms with van der Waals surface area (Å²) in [5, 5.41) is 3.52. The molecule has 0 saturated carbocycles. The maximum atomic E-state index is 3.52. The summed E-state index contributed by atoms with van der Waals surface area (Å²) >= 11 is 0. The van der Waals surface area contributed by atoms with Crippen LogP contribution in [0.4, 0.5) is 5.95 Å². The van der Waals surface area contributed by atoms with E-state index < -0.39 is 0 Å². The summed E-state index contributed by atoms with van der Waals surface area (Å²) in [7, 11) is 0. The van der Waals surface area contributed by atoms with E-state index >= 15 is 0 Å². The normalized spacial score (nSPS) is 13.4. The Balaban J connectivity index is 1.85. The molecule has 0 saturated heterocycles. The van der Waals surface area contributed by atoms with Gasteiger partial charge in [0.25, 0.3) is 0 Å². The highest BCUT2D eigenvalue weighted by molar-refractivity contribution is 5.74. The molecule has 20 heavy (non-hydrogen) atoms. The summed E-state index contributed by atoms with van der Waals surface area (Å²) in [5.41, 5.74) is 5.27.